The van der Waals surface area contributed by atoms with E-state index in [1.807, 2.05) is 54.6 Å². The van der Waals surface area contributed by atoms with Gasteiger partial charge in [0.15, 0.2) is 8.32 Å². The summed E-state index contributed by atoms with van der Waals surface area (Å²) in [6.45, 7) is 23.6. The summed E-state index contributed by atoms with van der Waals surface area (Å²) in [6, 6.07) is 20.8. The van der Waals surface area contributed by atoms with Crippen molar-refractivity contribution in [1.29, 1.82) is 0 Å². The third-order valence-electron chi connectivity index (χ3n) is 7.36. The molecule has 0 aliphatic rings. The summed E-state index contributed by atoms with van der Waals surface area (Å²) in [5.74, 6) is 1.57. The van der Waals surface area contributed by atoms with Crippen LogP contribution in [0.2, 0.25) is 58.9 Å². The molecule has 0 spiro atoms. The highest BCUT2D eigenvalue weighted by Crippen LogP contribution is 2.30. The fourth-order valence-electron chi connectivity index (χ4n) is 5.81. The summed E-state index contributed by atoms with van der Waals surface area (Å²) >= 11 is 3.56. The molecule has 0 saturated heterocycles. The maximum absolute atomic E-state index is 12.9. The van der Waals surface area contributed by atoms with Gasteiger partial charge in [0, 0.05) is 0 Å². The van der Waals surface area contributed by atoms with E-state index in [-0.39, 0.29) is 6.10 Å². The van der Waals surface area contributed by atoms with Gasteiger partial charge in [-0.2, -0.15) is 0 Å². The van der Waals surface area contributed by atoms with E-state index in [4.69, 9.17) is 26.6 Å². The first-order valence-electron chi connectivity index (χ1n) is 17.4. The second-order valence-corrected chi connectivity index (χ2v) is 32.1. The number of unbranched alkanes of at least 4 members (excludes halogenated alkanes) is 3. The van der Waals surface area contributed by atoms with Crippen molar-refractivity contribution in [2.75, 3.05) is 6.23 Å². The lowest BCUT2D eigenvalue weighted by Crippen LogP contribution is -2.57. The van der Waals surface area contributed by atoms with Gasteiger partial charge in [0.05, 0.1) is 16.1 Å². The largest absolute Gasteiger partial charge is 0.494 e. The molecule has 0 N–H and O–H groups in total. The molecule has 0 saturated carbocycles. The van der Waals surface area contributed by atoms with E-state index in [0.717, 1.165) is 39.9 Å². The average molecular weight is 806 g/mol. The highest BCUT2D eigenvalue weighted by Gasteiger charge is 2.42. The lowest BCUT2D eigenvalue weighted by molar-refractivity contribution is 0.0734. The zero-order valence-corrected chi connectivity index (χ0v) is 37.0. The van der Waals surface area contributed by atoms with Crippen molar-refractivity contribution in [3.63, 3.8) is 0 Å². The van der Waals surface area contributed by atoms with Gasteiger partial charge in [-0.15, -0.1) is 0 Å². The molecule has 3 aromatic carbocycles. The monoisotopic (exact) mass is 804 g/mol. The summed E-state index contributed by atoms with van der Waals surface area (Å²) in [6.07, 6.45) is 6.48. The molecule has 0 bridgehead atoms. The molecular weight excluding hydrogens is 749 g/mol. The molecule has 3 aromatic rings. The Balaban J connectivity index is 1.52. The Morgan fingerprint density at radius 1 is 0.714 bits per heavy atom. The molecule has 12 heteroatoms. The van der Waals surface area contributed by atoms with Crippen LogP contribution in [0.25, 0.3) is 11.1 Å². The van der Waals surface area contributed by atoms with Crippen molar-refractivity contribution >= 4 is 55.7 Å². The Bertz CT molecular complexity index is 1490. The standard InChI is InChI=1S/C37H57BrO7Si4/c1-12-13-14-15-16-29(2)41-36-26-21-32(27-35(36)38)37(39)42-34-24-19-31(20-25-34)30-17-22-33(23-18-30)40-28-47(6,7)44-49(10,11)45-48(8,9)43-46(3,4)5/h17-27,29H,12-16,28H2,1-11H3. The summed E-state index contributed by atoms with van der Waals surface area (Å²) in [5, 5.41) is 0. The minimum atomic E-state index is -2.41. The molecule has 0 aromatic heterocycles. The number of esters is 1. The van der Waals surface area contributed by atoms with E-state index < -0.39 is 39.7 Å². The number of ether oxygens (including phenoxy) is 3. The van der Waals surface area contributed by atoms with E-state index in [1.54, 1.807) is 12.1 Å². The van der Waals surface area contributed by atoms with Crippen LogP contribution in [0.5, 0.6) is 17.2 Å². The van der Waals surface area contributed by atoms with Crippen molar-refractivity contribution in [1.82, 2.24) is 0 Å². The molecule has 1 atom stereocenters. The maximum Gasteiger partial charge on any atom is 0.343 e. The first kappa shape index (κ1) is 41.4. The fourth-order valence-corrected chi connectivity index (χ4v) is 24.1. The molecule has 0 heterocycles. The number of hydrogen-bond acceptors (Lipinski definition) is 7. The van der Waals surface area contributed by atoms with Gasteiger partial charge in [0.1, 0.15) is 23.5 Å². The zero-order valence-electron chi connectivity index (χ0n) is 31.4. The van der Waals surface area contributed by atoms with Crippen LogP contribution in [0.4, 0.5) is 0 Å². The summed E-state index contributed by atoms with van der Waals surface area (Å²) < 4.78 is 38.3. The Labute approximate surface area is 307 Å². The first-order chi connectivity index (χ1) is 22.8. The first-order valence-corrected chi connectivity index (χ1v) is 30.3. The van der Waals surface area contributed by atoms with Crippen LogP contribution in [-0.2, 0) is 12.3 Å². The lowest BCUT2D eigenvalue weighted by atomic mass is 10.1. The third-order valence-corrected chi connectivity index (χ3v) is 21.3. The van der Waals surface area contributed by atoms with Crippen molar-refractivity contribution in [3.8, 4) is 28.4 Å². The van der Waals surface area contributed by atoms with Crippen molar-refractivity contribution < 1.29 is 31.4 Å². The minimum Gasteiger partial charge on any atom is -0.494 e. The van der Waals surface area contributed by atoms with Gasteiger partial charge in [-0.05, 0) is 148 Å². The van der Waals surface area contributed by atoms with Gasteiger partial charge < -0.3 is 26.6 Å². The third kappa shape index (κ3) is 15.0. The van der Waals surface area contributed by atoms with Gasteiger partial charge >= 0.3 is 23.1 Å². The number of carbonyl (C=O) groups is 1. The smallest absolute Gasteiger partial charge is 0.343 e. The van der Waals surface area contributed by atoms with E-state index >= 15 is 0 Å². The summed E-state index contributed by atoms with van der Waals surface area (Å²) in [7, 11) is -8.59. The molecule has 3 rings (SSSR count). The molecule has 0 radical (unpaired) electrons. The Morgan fingerprint density at radius 3 is 1.84 bits per heavy atom. The second kappa shape index (κ2) is 17.9. The molecule has 7 nitrogen and oxygen atoms in total. The Morgan fingerprint density at radius 2 is 1.29 bits per heavy atom. The normalized spacial score (nSPS) is 13.2. The van der Waals surface area contributed by atoms with E-state index in [9.17, 15) is 4.79 Å². The topological polar surface area (TPSA) is 72.5 Å². The second-order valence-electron chi connectivity index (χ2n) is 15.1. The number of halogens is 1. The highest BCUT2D eigenvalue weighted by atomic mass is 79.9. The van der Waals surface area contributed by atoms with E-state index in [2.05, 4.69) is 88.7 Å². The molecule has 0 aliphatic carbocycles. The molecule has 0 aliphatic heterocycles. The van der Waals surface area contributed by atoms with Crippen LogP contribution in [0.3, 0.4) is 0 Å². The van der Waals surface area contributed by atoms with Crippen molar-refractivity contribution in [2.24, 2.45) is 0 Å². The number of hydrogen-bond donors (Lipinski definition) is 0. The van der Waals surface area contributed by atoms with Gasteiger partial charge in [-0.3, -0.25) is 0 Å². The van der Waals surface area contributed by atoms with Gasteiger partial charge in [-0.1, -0.05) is 50.5 Å². The van der Waals surface area contributed by atoms with Crippen LogP contribution in [0.15, 0.2) is 71.2 Å². The predicted molar refractivity (Wildman–Crippen MR) is 214 cm³/mol. The van der Waals surface area contributed by atoms with Crippen LogP contribution < -0.4 is 14.2 Å². The molecular formula is C37H57BrO7Si4. The minimum absolute atomic E-state index is 0.107. The zero-order chi connectivity index (χ0) is 36.5. The van der Waals surface area contributed by atoms with E-state index in [0.29, 0.717) is 17.5 Å². The average Bonchev–Trinajstić information content (AvgIpc) is 2.97. The number of carbonyl (C=O) groups excluding carboxylic acids is 1. The summed E-state index contributed by atoms with van der Waals surface area (Å²) in [4.78, 5) is 12.9. The summed E-state index contributed by atoms with van der Waals surface area (Å²) in [5.41, 5.74) is 2.49. The van der Waals surface area contributed by atoms with Crippen LogP contribution in [-0.4, -0.2) is 52.1 Å². The van der Waals surface area contributed by atoms with Gasteiger partial charge in [0.25, 0.3) is 0 Å². The van der Waals surface area contributed by atoms with Gasteiger partial charge in [0.2, 0.25) is 8.32 Å². The SMILES string of the molecule is CCCCCCC(C)Oc1ccc(C(=O)Oc2ccc(-c3ccc(OC[Si](C)(C)O[Si](C)(C)O[Si](C)(C)O[Si](C)(C)C)cc3)cc2)cc1Br. The molecule has 270 valence electrons. The number of benzene rings is 3. The van der Waals surface area contributed by atoms with Gasteiger partial charge in [-0.25, -0.2) is 4.79 Å². The lowest BCUT2D eigenvalue weighted by Gasteiger charge is -2.40. The molecule has 0 fully saturated rings. The number of rotatable bonds is 19. The fraction of sp³-hybridized carbons (Fsp3) is 0.486. The molecule has 0 amide bonds. The Kier molecular flexibility index (Phi) is 15.1. The molecule has 49 heavy (non-hydrogen) atoms. The maximum atomic E-state index is 12.9. The highest BCUT2D eigenvalue weighted by molar-refractivity contribution is 9.10. The van der Waals surface area contributed by atoms with Crippen LogP contribution in [0.1, 0.15) is 56.3 Å². The predicted octanol–water partition coefficient (Wildman–Crippen LogP) is 11.5. The van der Waals surface area contributed by atoms with Crippen LogP contribution in [0, 0.1) is 0 Å². The quantitative estimate of drug-likeness (QED) is 0.0517. The molecule has 1 unspecified atom stereocenters. The van der Waals surface area contributed by atoms with Crippen molar-refractivity contribution in [3.05, 3.63) is 76.8 Å². The van der Waals surface area contributed by atoms with Crippen molar-refractivity contribution in [2.45, 2.75) is 111 Å². The van der Waals surface area contributed by atoms with Crippen LogP contribution >= 0.6 is 15.9 Å². The Hall–Kier alpha value is -2.04. The van der Waals surface area contributed by atoms with E-state index in [1.165, 1.54) is 19.3 Å².